The predicted octanol–water partition coefficient (Wildman–Crippen LogP) is 9.75. The average molecular weight is 609 g/mol. The highest BCUT2D eigenvalue weighted by atomic mass is 35.5. The highest BCUT2D eigenvalue weighted by Crippen LogP contribution is 2.44. The lowest BCUT2D eigenvalue weighted by atomic mass is 9.87. The van der Waals surface area contributed by atoms with Crippen molar-refractivity contribution in [3.8, 4) is 5.75 Å². The molecule has 1 fully saturated rings. The summed E-state index contributed by atoms with van der Waals surface area (Å²) < 4.78 is 6.22. The number of nitrogens with one attached hydrogen (secondary N) is 1. The molecule has 0 saturated carbocycles. The maximum Gasteiger partial charge on any atom is 0.228 e. The lowest BCUT2D eigenvalue weighted by Crippen LogP contribution is -2.32. The van der Waals surface area contributed by atoms with E-state index in [2.05, 4.69) is 66.2 Å². The zero-order chi connectivity index (χ0) is 31.6. The average Bonchev–Trinajstić information content (AvgIpc) is 3.03. The molecule has 0 radical (unpaired) electrons. The Hall–Kier alpha value is -3.86. The van der Waals surface area contributed by atoms with E-state index >= 15 is 0 Å². The van der Waals surface area contributed by atoms with E-state index in [1.807, 2.05) is 70.2 Å². The van der Waals surface area contributed by atoms with Gasteiger partial charge in [-0.1, -0.05) is 104 Å². The van der Waals surface area contributed by atoms with E-state index in [1.54, 1.807) is 0 Å². The van der Waals surface area contributed by atoms with Gasteiger partial charge in [0.1, 0.15) is 11.5 Å². The fraction of sp³-hybridized carbons (Fsp3) is 0.308. The molecule has 0 atom stereocenters. The van der Waals surface area contributed by atoms with Gasteiger partial charge in [-0.3, -0.25) is 9.69 Å². The summed E-state index contributed by atoms with van der Waals surface area (Å²) in [4.78, 5) is 15.7. The molecule has 230 valence electrons. The van der Waals surface area contributed by atoms with E-state index in [1.165, 1.54) is 11.1 Å². The van der Waals surface area contributed by atoms with Crippen molar-refractivity contribution < 1.29 is 9.53 Å². The molecule has 2 aliphatic heterocycles. The number of carbonyl (C=O) groups excluding carboxylic acids is 1. The molecule has 3 aromatic rings. The first kappa shape index (κ1) is 33.0. The lowest BCUT2D eigenvalue weighted by molar-refractivity contribution is -0.119. The van der Waals surface area contributed by atoms with Crippen LogP contribution in [0.5, 0.6) is 5.75 Å². The van der Waals surface area contributed by atoms with Crippen molar-refractivity contribution in [1.82, 2.24) is 10.2 Å². The number of amides is 1. The number of likely N-dealkylation sites (tertiary alicyclic amines) is 1. The van der Waals surface area contributed by atoms with Crippen molar-refractivity contribution in [3.05, 3.63) is 141 Å². The van der Waals surface area contributed by atoms with Crippen LogP contribution in [0.2, 0.25) is 5.02 Å². The number of carbonyl (C=O) groups is 1. The summed E-state index contributed by atoms with van der Waals surface area (Å²) in [6.45, 7) is 17.0. The molecule has 2 heterocycles. The molecule has 5 rings (SSSR count). The van der Waals surface area contributed by atoms with Gasteiger partial charge in [0.05, 0.1) is 6.42 Å². The summed E-state index contributed by atoms with van der Waals surface area (Å²) in [7, 11) is 0. The quantitative estimate of drug-likeness (QED) is 0.259. The Kier molecular flexibility index (Phi) is 11.8. The SMILES string of the molecule is C=C1Oc2cc(Cl)c(CN3CCC(c4cccc(C)c4)CC3)cc2C(c2ccccc2)=C1CC(=O)NC(/C=C\C)=C/C.CC. The largest absolute Gasteiger partial charge is 0.457 e. The van der Waals surface area contributed by atoms with Crippen LogP contribution in [-0.2, 0) is 11.3 Å². The monoisotopic (exact) mass is 608 g/mol. The van der Waals surface area contributed by atoms with Crippen LogP contribution in [0.3, 0.4) is 0 Å². The second-order valence-corrected chi connectivity index (χ2v) is 11.5. The molecule has 0 unspecified atom stereocenters. The van der Waals surface area contributed by atoms with E-state index in [0.717, 1.165) is 66.0 Å². The molecule has 0 bridgehead atoms. The second-order valence-electron chi connectivity index (χ2n) is 11.1. The van der Waals surface area contributed by atoms with Crippen molar-refractivity contribution in [2.75, 3.05) is 13.1 Å². The molecule has 0 aliphatic carbocycles. The topological polar surface area (TPSA) is 41.6 Å². The Balaban J connectivity index is 0.00000216. The van der Waals surface area contributed by atoms with Crippen molar-refractivity contribution in [3.63, 3.8) is 0 Å². The smallest absolute Gasteiger partial charge is 0.228 e. The number of hydrogen-bond donors (Lipinski definition) is 1. The van der Waals surface area contributed by atoms with Crippen LogP contribution in [-0.4, -0.2) is 23.9 Å². The van der Waals surface area contributed by atoms with E-state index in [9.17, 15) is 4.79 Å². The third-order valence-corrected chi connectivity index (χ3v) is 8.48. The van der Waals surface area contributed by atoms with Crippen LogP contribution in [0.1, 0.15) is 80.7 Å². The lowest BCUT2D eigenvalue weighted by Gasteiger charge is -2.33. The van der Waals surface area contributed by atoms with Crippen molar-refractivity contribution in [2.45, 2.75) is 66.3 Å². The number of benzene rings is 3. The maximum atomic E-state index is 13.2. The van der Waals surface area contributed by atoms with Gasteiger partial charge < -0.3 is 10.1 Å². The van der Waals surface area contributed by atoms with Crippen LogP contribution >= 0.6 is 11.6 Å². The van der Waals surface area contributed by atoms with Gasteiger partial charge in [-0.2, -0.15) is 0 Å². The fourth-order valence-electron chi connectivity index (χ4n) is 5.96. The predicted molar refractivity (Wildman–Crippen MR) is 185 cm³/mol. The second kappa shape index (κ2) is 15.7. The zero-order valence-electron chi connectivity index (χ0n) is 26.8. The van der Waals surface area contributed by atoms with Crippen LogP contribution in [0.25, 0.3) is 5.57 Å². The zero-order valence-corrected chi connectivity index (χ0v) is 27.5. The van der Waals surface area contributed by atoms with Gasteiger partial charge >= 0.3 is 0 Å². The van der Waals surface area contributed by atoms with E-state index in [4.69, 9.17) is 16.3 Å². The molecular formula is C39H45ClN2O2. The van der Waals surface area contributed by atoms with Crippen molar-refractivity contribution >= 4 is 23.1 Å². The fourth-order valence-corrected chi connectivity index (χ4v) is 6.18. The third kappa shape index (κ3) is 7.99. The summed E-state index contributed by atoms with van der Waals surface area (Å²) in [6.07, 6.45) is 8.06. The van der Waals surface area contributed by atoms with Gasteiger partial charge in [0.15, 0.2) is 0 Å². The number of fused-ring (bicyclic) bond motifs is 1. The Morgan fingerprint density at radius 3 is 2.43 bits per heavy atom. The molecule has 1 saturated heterocycles. The number of halogens is 1. The van der Waals surface area contributed by atoms with Crippen LogP contribution in [0, 0.1) is 6.92 Å². The molecule has 3 aromatic carbocycles. The van der Waals surface area contributed by atoms with Crippen molar-refractivity contribution in [1.29, 1.82) is 0 Å². The van der Waals surface area contributed by atoms with Gasteiger partial charge in [0.2, 0.25) is 5.91 Å². The Morgan fingerprint density at radius 2 is 1.77 bits per heavy atom. The molecule has 5 heteroatoms. The van der Waals surface area contributed by atoms with E-state index in [-0.39, 0.29) is 12.3 Å². The molecule has 44 heavy (non-hydrogen) atoms. The van der Waals surface area contributed by atoms with E-state index < -0.39 is 0 Å². The van der Waals surface area contributed by atoms with Gasteiger partial charge in [-0.15, -0.1) is 0 Å². The molecule has 1 N–H and O–H groups in total. The minimum absolute atomic E-state index is 0.122. The first-order chi connectivity index (χ1) is 21.4. The first-order valence-corrected chi connectivity index (χ1v) is 16.1. The first-order valence-electron chi connectivity index (χ1n) is 15.7. The van der Waals surface area contributed by atoms with Gasteiger partial charge in [-0.05, 0) is 81.5 Å². The molecule has 0 aromatic heterocycles. The third-order valence-electron chi connectivity index (χ3n) is 8.13. The number of hydrogen-bond acceptors (Lipinski definition) is 3. The summed E-state index contributed by atoms with van der Waals surface area (Å²) >= 11 is 6.86. The molecule has 4 nitrogen and oxygen atoms in total. The standard InChI is InChI=1S/C37H39ClN2O2.C2H6/c1-5-11-31(6-2)39-36(41)22-32-26(4)42-35-23-34(38)30(21-33(35)37(32)28-13-8-7-9-14-28)24-40-18-16-27(17-19-40)29-15-10-12-25(3)20-29;1-2/h5-15,20-21,23,27H,4,16-19,22,24H2,1-3H3,(H,39,41);1-2H3/b11-5-,31-6+;. The van der Waals surface area contributed by atoms with E-state index in [0.29, 0.717) is 22.4 Å². The maximum absolute atomic E-state index is 13.2. The number of aryl methyl sites for hydroxylation is 1. The number of rotatable bonds is 8. The number of nitrogens with zero attached hydrogens (tertiary/aromatic N) is 1. The highest BCUT2D eigenvalue weighted by Gasteiger charge is 2.28. The van der Waals surface area contributed by atoms with Crippen LogP contribution in [0.4, 0.5) is 0 Å². The van der Waals surface area contributed by atoms with Crippen molar-refractivity contribution in [2.24, 2.45) is 0 Å². The summed E-state index contributed by atoms with van der Waals surface area (Å²) in [5, 5.41) is 3.68. The summed E-state index contributed by atoms with van der Waals surface area (Å²) in [5.41, 5.74) is 8.26. The van der Waals surface area contributed by atoms with Gasteiger partial charge in [0, 0.05) is 40.0 Å². The summed E-state index contributed by atoms with van der Waals surface area (Å²) in [5.74, 6) is 1.60. The summed E-state index contributed by atoms with van der Waals surface area (Å²) in [6, 6.07) is 23.1. The normalized spacial score (nSPS) is 15.9. The Labute approximate surface area is 268 Å². The Bertz CT molecular complexity index is 1560. The Morgan fingerprint density at radius 1 is 1.05 bits per heavy atom. The molecule has 2 aliphatic rings. The van der Waals surface area contributed by atoms with Gasteiger partial charge in [-0.25, -0.2) is 0 Å². The number of piperidine rings is 1. The number of ether oxygens (including phenoxy) is 1. The highest BCUT2D eigenvalue weighted by molar-refractivity contribution is 6.31. The molecule has 1 amide bonds. The minimum atomic E-state index is -0.122. The molecule has 0 spiro atoms. The van der Waals surface area contributed by atoms with Crippen LogP contribution < -0.4 is 10.1 Å². The molecular weight excluding hydrogens is 564 g/mol. The minimum Gasteiger partial charge on any atom is -0.457 e. The number of allylic oxidation sites excluding steroid dienone is 4. The van der Waals surface area contributed by atoms with Crippen LogP contribution in [0.15, 0.2) is 109 Å². The van der Waals surface area contributed by atoms with Gasteiger partial charge in [0.25, 0.3) is 0 Å².